The van der Waals surface area contributed by atoms with E-state index in [1.165, 1.54) is 0 Å². The summed E-state index contributed by atoms with van der Waals surface area (Å²) in [5.74, 6) is 0.135. The highest BCUT2D eigenvalue weighted by Gasteiger charge is 2.22. The van der Waals surface area contributed by atoms with Crippen molar-refractivity contribution in [3.05, 3.63) is 99.4 Å². The summed E-state index contributed by atoms with van der Waals surface area (Å²) < 4.78 is 17.8. The Balaban J connectivity index is 1.57. The second-order valence-electron chi connectivity index (χ2n) is 10.2. The number of hydrogen-bond acceptors (Lipinski definition) is 5. The van der Waals surface area contributed by atoms with Crippen molar-refractivity contribution in [1.29, 1.82) is 0 Å². The van der Waals surface area contributed by atoms with E-state index in [-0.39, 0.29) is 34.7 Å². The number of furan rings is 1. The van der Waals surface area contributed by atoms with Gasteiger partial charge < -0.3 is 13.6 Å². The van der Waals surface area contributed by atoms with E-state index < -0.39 is 0 Å². The van der Waals surface area contributed by atoms with Gasteiger partial charge in [0.25, 0.3) is 0 Å². The second-order valence-corrected chi connectivity index (χ2v) is 10.2. The van der Waals surface area contributed by atoms with Crippen LogP contribution in [0, 0.1) is 13.8 Å². The van der Waals surface area contributed by atoms with Crippen LogP contribution >= 0.6 is 0 Å². The summed E-state index contributed by atoms with van der Waals surface area (Å²) in [6, 6.07) is 20.6. The first-order chi connectivity index (χ1) is 17.1. The van der Waals surface area contributed by atoms with Crippen LogP contribution in [0.3, 0.4) is 0 Å². The third-order valence-electron chi connectivity index (χ3n) is 6.53. The van der Waals surface area contributed by atoms with Crippen LogP contribution in [0.2, 0.25) is 0 Å². The lowest BCUT2D eigenvalue weighted by molar-refractivity contribution is 0.0894. The first-order valence-electron chi connectivity index (χ1n) is 12.0. The molecule has 0 aliphatic carbocycles. The van der Waals surface area contributed by atoms with Gasteiger partial charge in [-0.15, -0.1) is 0 Å². The van der Waals surface area contributed by atoms with Crippen molar-refractivity contribution < 1.29 is 18.4 Å². The van der Waals surface area contributed by atoms with Crippen LogP contribution in [0.5, 0.6) is 5.75 Å². The molecule has 0 aliphatic heterocycles. The zero-order chi connectivity index (χ0) is 25.6. The van der Waals surface area contributed by atoms with Crippen LogP contribution in [0.25, 0.3) is 33.3 Å². The van der Waals surface area contributed by atoms with Crippen molar-refractivity contribution >= 4 is 27.7 Å². The van der Waals surface area contributed by atoms with Crippen LogP contribution in [-0.2, 0) is 5.41 Å². The number of rotatable bonds is 5. The number of aryl methyl sites for hydroxylation is 2. The molecular weight excluding hydrogens is 452 g/mol. The molecule has 0 spiro atoms. The van der Waals surface area contributed by atoms with E-state index in [2.05, 4.69) is 20.8 Å². The Kier molecular flexibility index (Phi) is 5.79. The maximum absolute atomic E-state index is 13.6. The van der Waals surface area contributed by atoms with Gasteiger partial charge in [-0.1, -0.05) is 63.2 Å². The number of ether oxygens (including phenoxy) is 1. The fraction of sp³-hybridized carbons (Fsp3) is 0.226. The third-order valence-corrected chi connectivity index (χ3v) is 6.53. The quantitative estimate of drug-likeness (QED) is 0.245. The average molecular weight is 481 g/mol. The molecule has 0 atom stereocenters. The Morgan fingerprint density at radius 2 is 1.56 bits per heavy atom. The molecule has 0 fully saturated rings. The number of hydrogen-bond donors (Lipinski definition) is 0. The fourth-order valence-corrected chi connectivity index (χ4v) is 4.20. The SMILES string of the molecule is Cc1cc2oc(-c3ccc(C(C)(C)C)cc3)c(OCC(=O)c3cc4ccccc4o3)c(=O)c2cc1C. The molecule has 0 unspecified atom stereocenters. The Morgan fingerprint density at radius 3 is 2.25 bits per heavy atom. The molecule has 36 heavy (non-hydrogen) atoms. The van der Waals surface area contributed by atoms with Gasteiger partial charge in [-0.25, -0.2) is 0 Å². The second kappa shape index (κ2) is 8.83. The summed E-state index contributed by atoms with van der Waals surface area (Å²) >= 11 is 0. The van der Waals surface area contributed by atoms with Crippen molar-refractivity contribution in [2.45, 2.75) is 40.0 Å². The predicted molar refractivity (Wildman–Crippen MR) is 142 cm³/mol. The predicted octanol–water partition coefficient (Wildman–Crippen LogP) is 7.38. The van der Waals surface area contributed by atoms with E-state index >= 15 is 0 Å². The Hall–Kier alpha value is -4.12. The number of carbonyl (C=O) groups is 1. The third kappa shape index (κ3) is 4.33. The van der Waals surface area contributed by atoms with E-state index in [0.29, 0.717) is 27.9 Å². The summed E-state index contributed by atoms with van der Waals surface area (Å²) in [5.41, 5.74) is 4.62. The zero-order valence-electron chi connectivity index (χ0n) is 21.1. The summed E-state index contributed by atoms with van der Waals surface area (Å²) in [4.78, 5) is 26.5. The smallest absolute Gasteiger partial charge is 0.235 e. The van der Waals surface area contributed by atoms with Crippen molar-refractivity contribution in [3.8, 4) is 17.1 Å². The van der Waals surface area contributed by atoms with Gasteiger partial charge in [0.2, 0.25) is 17.0 Å². The molecule has 0 saturated heterocycles. The molecule has 3 aromatic carbocycles. The number of carbonyl (C=O) groups excluding carboxylic acids is 1. The summed E-state index contributed by atoms with van der Waals surface area (Å²) in [6.07, 6.45) is 0. The topological polar surface area (TPSA) is 69.7 Å². The summed E-state index contributed by atoms with van der Waals surface area (Å²) in [7, 11) is 0. The molecule has 5 aromatic rings. The van der Waals surface area contributed by atoms with Gasteiger partial charge in [0.1, 0.15) is 11.2 Å². The van der Waals surface area contributed by atoms with Crippen molar-refractivity contribution in [1.82, 2.24) is 0 Å². The Morgan fingerprint density at radius 1 is 0.861 bits per heavy atom. The molecule has 5 heteroatoms. The molecule has 0 amide bonds. The lowest BCUT2D eigenvalue weighted by Crippen LogP contribution is -2.17. The van der Waals surface area contributed by atoms with Crippen LogP contribution in [0.1, 0.15) is 48.0 Å². The van der Waals surface area contributed by atoms with Crippen LogP contribution in [-0.4, -0.2) is 12.4 Å². The molecule has 182 valence electrons. The summed E-state index contributed by atoms with van der Waals surface area (Å²) in [5, 5.41) is 1.25. The molecule has 5 nitrogen and oxygen atoms in total. The maximum atomic E-state index is 13.6. The fourth-order valence-electron chi connectivity index (χ4n) is 4.20. The van der Waals surface area contributed by atoms with E-state index in [0.717, 1.165) is 22.1 Å². The van der Waals surface area contributed by atoms with Gasteiger partial charge in [-0.2, -0.15) is 0 Å². The minimum atomic E-state index is -0.361. The molecule has 0 bridgehead atoms. The number of benzene rings is 3. The van der Waals surface area contributed by atoms with Gasteiger partial charge in [0.05, 0.1) is 5.39 Å². The van der Waals surface area contributed by atoms with Crippen molar-refractivity contribution in [2.24, 2.45) is 0 Å². The van der Waals surface area contributed by atoms with E-state index in [9.17, 15) is 9.59 Å². The molecule has 2 aromatic heterocycles. The number of Topliss-reactive ketones (excluding diaryl/α,β-unsaturated/α-hetero) is 1. The monoisotopic (exact) mass is 480 g/mol. The van der Waals surface area contributed by atoms with Crippen molar-refractivity contribution in [2.75, 3.05) is 6.61 Å². The van der Waals surface area contributed by atoms with E-state index in [1.54, 1.807) is 18.2 Å². The van der Waals surface area contributed by atoms with Gasteiger partial charge >= 0.3 is 0 Å². The first kappa shape index (κ1) is 23.6. The molecule has 5 rings (SSSR count). The highest BCUT2D eigenvalue weighted by Crippen LogP contribution is 2.33. The lowest BCUT2D eigenvalue weighted by Gasteiger charge is -2.19. The molecule has 0 saturated carbocycles. The highest BCUT2D eigenvalue weighted by atomic mass is 16.5. The Bertz CT molecular complexity index is 1630. The number of ketones is 1. The molecule has 2 heterocycles. The maximum Gasteiger partial charge on any atom is 0.235 e. The minimum Gasteiger partial charge on any atom is -0.478 e. The van der Waals surface area contributed by atoms with Crippen molar-refractivity contribution in [3.63, 3.8) is 0 Å². The molecule has 0 N–H and O–H groups in total. The van der Waals surface area contributed by atoms with Crippen LogP contribution < -0.4 is 10.2 Å². The first-order valence-corrected chi connectivity index (χ1v) is 12.0. The average Bonchev–Trinajstić information content (AvgIpc) is 3.28. The van der Waals surface area contributed by atoms with Gasteiger partial charge in [0.15, 0.2) is 18.1 Å². The Labute approximate surface area is 209 Å². The standard InChI is InChI=1S/C31H28O5/c1-18-14-23-26(15-19(18)2)36-29(20-10-12-22(13-11-20)31(3,4)5)30(28(23)33)34-17-24(32)27-16-21-8-6-7-9-25(21)35-27/h6-16H,17H2,1-5H3. The normalized spacial score (nSPS) is 11.8. The molecule has 0 radical (unpaired) electrons. The largest absolute Gasteiger partial charge is 0.478 e. The van der Waals surface area contributed by atoms with Crippen LogP contribution in [0.4, 0.5) is 0 Å². The van der Waals surface area contributed by atoms with E-state index in [4.69, 9.17) is 13.6 Å². The van der Waals surface area contributed by atoms with Gasteiger partial charge in [0, 0.05) is 10.9 Å². The van der Waals surface area contributed by atoms with Gasteiger partial charge in [-0.3, -0.25) is 9.59 Å². The molecular formula is C31H28O5. The summed E-state index contributed by atoms with van der Waals surface area (Å²) in [6.45, 7) is 9.99. The van der Waals surface area contributed by atoms with Crippen LogP contribution in [0.15, 0.2) is 80.4 Å². The molecule has 0 aliphatic rings. The number of fused-ring (bicyclic) bond motifs is 2. The zero-order valence-corrected chi connectivity index (χ0v) is 21.1. The minimum absolute atomic E-state index is 0.0127. The van der Waals surface area contributed by atoms with Gasteiger partial charge in [-0.05, 0) is 60.2 Å². The highest BCUT2D eigenvalue weighted by molar-refractivity contribution is 5.98. The van der Waals surface area contributed by atoms with E-state index in [1.807, 2.05) is 62.4 Å². The lowest BCUT2D eigenvalue weighted by atomic mass is 9.86. The number of para-hydroxylation sites is 1.